The van der Waals surface area contributed by atoms with Gasteiger partial charge < -0.3 is 15.8 Å². The van der Waals surface area contributed by atoms with Crippen LogP contribution in [0.4, 0.5) is 0 Å². The maximum absolute atomic E-state index is 12.3. The van der Waals surface area contributed by atoms with Crippen molar-refractivity contribution in [2.45, 2.75) is 44.2 Å². The minimum Gasteiger partial charge on any atom is -0.492 e. The number of para-hydroxylation sites is 1. The van der Waals surface area contributed by atoms with Crippen molar-refractivity contribution in [3.05, 3.63) is 28.8 Å². The van der Waals surface area contributed by atoms with E-state index in [1.807, 2.05) is 18.2 Å². The van der Waals surface area contributed by atoms with Gasteiger partial charge in [0.05, 0.1) is 17.7 Å². The molecule has 1 aliphatic heterocycles. The lowest BCUT2D eigenvalue weighted by Crippen LogP contribution is -2.35. The highest BCUT2D eigenvalue weighted by Crippen LogP contribution is 2.37. The molecular weight excluding hydrogens is 288 g/mol. The van der Waals surface area contributed by atoms with Crippen LogP contribution in [0.1, 0.15) is 43.7 Å². The van der Waals surface area contributed by atoms with Crippen LogP contribution < -0.4 is 15.8 Å². The molecule has 3 N–H and O–H groups in total. The molecule has 3 rings (SSSR count). The lowest BCUT2D eigenvalue weighted by atomic mass is 9.97. The van der Waals surface area contributed by atoms with Gasteiger partial charge in [-0.25, -0.2) is 0 Å². The van der Waals surface area contributed by atoms with Crippen LogP contribution >= 0.6 is 11.6 Å². The summed E-state index contributed by atoms with van der Waals surface area (Å²) in [6, 6.07) is 5.82. The van der Waals surface area contributed by atoms with E-state index in [9.17, 15) is 4.79 Å². The molecule has 1 aliphatic carbocycles. The van der Waals surface area contributed by atoms with Gasteiger partial charge in [-0.3, -0.25) is 4.79 Å². The number of nitrogens with two attached hydrogens (primary N) is 1. The fraction of sp³-hybridized carbons (Fsp3) is 0.562. The Balaban J connectivity index is 1.66. The van der Waals surface area contributed by atoms with Crippen molar-refractivity contribution in [2.24, 2.45) is 11.7 Å². The maximum Gasteiger partial charge on any atom is 0.220 e. The Labute approximate surface area is 130 Å². The highest BCUT2D eigenvalue weighted by Gasteiger charge is 2.29. The fourth-order valence-corrected chi connectivity index (χ4v) is 3.58. The van der Waals surface area contributed by atoms with E-state index in [2.05, 4.69) is 5.32 Å². The van der Waals surface area contributed by atoms with E-state index in [1.165, 1.54) is 0 Å². The molecule has 0 saturated heterocycles. The quantitative estimate of drug-likeness (QED) is 0.902. The van der Waals surface area contributed by atoms with Crippen molar-refractivity contribution in [1.82, 2.24) is 5.32 Å². The van der Waals surface area contributed by atoms with Gasteiger partial charge in [0.1, 0.15) is 5.75 Å². The van der Waals surface area contributed by atoms with E-state index in [-0.39, 0.29) is 18.0 Å². The van der Waals surface area contributed by atoms with Crippen LogP contribution in [0.15, 0.2) is 18.2 Å². The first-order chi connectivity index (χ1) is 10.1. The van der Waals surface area contributed by atoms with Crippen LogP contribution in [0.2, 0.25) is 5.02 Å². The van der Waals surface area contributed by atoms with Crippen molar-refractivity contribution in [3.8, 4) is 5.75 Å². The first kappa shape index (κ1) is 14.7. The third kappa shape index (κ3) is 3.16. The number of carbonyl (C=O) groups excluding carboxylic acids is 1. The molecule has 1 aromatic carbocycles. The summed E-state index contributed by atoms with van der Waals surface area (Å²) in [6.07, 6.45) is 4.53. The second-order valence-electron chi connectivity index (χ2n) is 5.97. The molecule has 114 valence electrons. The van der Waals surface area contributed by atoms with E-state index < -0.39 is 0 Å². The van der Waals surface area contributed by atoms with Crippen LogP contribution in [0, 0.1) is 5.92 Å². The van der Waals surface area contributed by atoms with Gasteiger partial charge in [0.15, 0.2) is 0 Å². The molecular formula is C16H21ClN2O2. The highest BCUT2D eigenvalue weighted by atomic mass is 35.5. The van der Waals surface area contributed by atoms with Crippen molar-refractivity contribution >= 4 is 17.5 Å². The minimum absolute atomic E-state index is 0.0161. The predicted octanol–water partition coefficient (Wildman–Crippen LogP) is 2.80. The van der Waals surface area contributed by atoms with Crippen LogP contribution in [-0.2, 0) is 4.79 Å². The maximum atomic E-state index is 12.3. The number of fused-ring (bicyclic) bond motifs is 1. The summed E-state index contributed by atoms with van der Waals surface area (Å²) in [5.41, 5.74) is 7.01. The van der Waals surface area contributed by atoms with Gasteiger partial charge in [-0.05, 0) is 24.8 Å². The summed E-state index contributed by atoms with van der Waals surface area (Å²) < 4.78 is 5.61. The number of hydrogen-bond acceptors (Lipinski definition) is 3. The van der Waals surface area contributed by atoms with Crippen LogP contribution in [0.5, 0.6) is 5.75 Å². The summed E-state index contributed by atoms with van der Waals surface area (Å²) in [5, 5.41) is 3.72. The number of benzene rings is 1. The molecule has 1 amide bonds. The molecule has 0 aromatic heterocycles. The Bertz CT molecular complexity index is 535. The second kappa shape index (κ2) is 6.24. The monoisotopic (exact) mass is 308 g/mol. The molecule has 0 radical (unpaired) electrons. The number of carbonyl (C=O) groups is 1. The smallest absolute Gasteiger partial charge is 0.220 e. The third-order valence-electron chi connectivity index (χ3n) is 4.53. The number of rotatable bonds is 3. The topological polar surface area (TPSA) is 64.4 Å². The first-order valence-corrected chi connectivity index (χ1v) is 7.99. The number of hydrogen-bond donors (Lipinski definition) is 2. The zero-order chi connectivity index (χ0) is 14.8. The molecule has 1 saturated carbocycles. The molecule has 1 heterocycles. The van der Waals surface area contributed by atoms with Crippen LogP contribution in [0.3, 0.4) is 0 Å². The van der Waals surface area contributed by atoms with Crippen LogP contribution in [-0.4, -0.2) is 18.6 Å². The Morgan fingerprint density at radius 2 is 2.24 bits per heavy atom. The van der Waals surface area contributed by atoms with Gasteiger partial charge in [0, 0.05) is 24.4 Å². The lowest BCUT2D eigenvalue weighted by molar-refractivity contribution is -0.123. The Morgan fingerprint density at radius 1 is 1.38 bits per heavy atom. The van der Waals surface area contributed by atoms with Gasteiger partial charge >= 0.3 is 0 Å². The van der Waals surface area contributed by atoms with E-state index in [0.29, 0.717) is 29.7 Å². The average Bonchev–Trinajstić information content (AvgIpc) is 2.85. The number of nitrogens with one attached hydrogen (secondary N) is 1. The second-order valence-corrected chi connectivity index (χ2v) is 6.38. The van der Waals surface area contributed by atoms with Gasteiger partial charge in [-0.1, -0.05) is 30.2 Å². The van der Waals surface area contributed by atoms with E-state index in [0.717, 1.165) is 31.2 Å². The molecule has 5 heteroatoms. The van der Waals surface area contributed by atoms with Crippen molar-refractivity contribution < 1.29 is 9.53 Å². The highest BCUT2D eigenvalue weighted by molar-refractivity contribution is 6.32. The summed E-state index contributed by atoms with van der Waals surface area (Å²) in [7, 11) is 0. The number of ether oxygens (including phenoxy) is 1. The normalized spacial score (nSPS) is 27.8. The zero-order valence-electron chi connectivity index (χ0n) is 12.0. The van der Waals surface area contributed by atoms with Crippen LogP contribution in [0.25, 0.3) is 0 Å². The molecule has 0 bridgehead atoms. The van der Waals surface area contributed by atoms with E-state index >= 15 is 0 Å². The molecule has 1 aromatic rings. The van der Waals surface area contributed by atoms with Crippen molar-refractivity contribution in [1.29, 1.82) is 0 Å². The van der Waals surface area contributed by atoms with Gasteiger partial charge in [0.2, 0.25) is 5.91 Å². The minimum atomic E-state index is -0.0161. The standard InChI is InChI=1S/C16H21ClN2O2/c17-12-5-2-4-11-14(7-8-21-16(11)12)19-15(20)9-10-3-1-6-13(10)18/h2,4-5,10,13-14H,1,3,6-9,18H2,(H,19,20)/t10-,13+,14?/m0/s1. The number of halogens is 1. The molecule has 1 fully saturated rings. The van der Waals surface area contributed by atoms with E-state index in [4.69, 9.17) is 22.1 Å². The predicted molar refractivity (Wildman–Crippen MR) is 82.4 cm³/mol. The lowest BCUT2D eigenvalue weighted by Gasteiger charge is -2.28. The zero-order valence-corrected chi connectivity index (χ0v) is 12.7. The van der Waals surface area contributed by atoms with E-state index in [1.54, 1.807) is 0 Å². The Morgan fingerprint density at radius 3 is 3.00 bits per heavy atom. The average molecular weight is 309 g/mol. The fourth-order valence-electron chi connectivity index (χ4n) is 3.35. The van der Waals surface area contributed by atoms with Gasteiger partial charge in [-0.15, -0.1) is 0 Å². The molecule has 0 spiro atoms. The summed E-state index contributed by atoms with van der Waals surface area (Å²) in [4.78, 5) is 12.3. The molecule has 21 heavy (non-hydrogen) atoms. The molecule has 4 nitrogen and oxygen atoms in total. The summed E-state index contributed by atoms with van der Waals surface area (Å²) in [6.45, 7) is 0.574. The SMILES string of the molecule is N[C@@H]1CCC[C@H]1CC(=O)NC1CCOc2c(Cl)cccc21. The Hall–Kier alpha value is -1.26. The molecule has 1 unspecified atom stereocenters. The van der Waals surface area contributed by atoms with Crippen molar-refractivity contribution in [2.75, 3.05) is 6.61 Å². The summed E-state index contributed by atoms with van der Waals surface area (Å²) >= 11 is 6.15. The first-order valence-electron chi connectivity index (χ1n) is 7.61. The van der Waals surface area contributed by atoms with Gasteiger partial charge in [-0.2, -0.15) is 0 Å². The van der Waals surface area contributed by atoms with Gasteiger partial charge in [0.25, 0.3) is 0 Å². The molecule has 3 atom stereocenters. The number of amides is 1. The van der Waals surface area contributed by atoms with Crippen molar-refractivity contribution in [3.63, 3.8) is 0 Å². The third-order valence-corrected chi connectivity index (χ3v) is 4.82. The summed E-state index contributed by atoms with van der Waals surface area (Å²) in [5.74, 6) is 1.10. The largest absolute Gasteiger partial charge is 0.492 e. The Kier molecular flexibility index (Phi) is 4.36. The molecule has 2 aliphatic rings.